The second-order valence-corrected chi connectivity index (χ2v) is 6.84. The predicted molar refractivity (Wildman–Crippen MR) is 92.5 cm³/mol. The zero-order valence-corrected chi connectivity index (χ0v) is 14.0. The van der Waals surface area contributed by atoms with E-state index in [1.54, 1.807) is 47.3 Å². The summed E-state index contributed by atoms with van der Waals surface area (Å²) in [4.78, 5) is 18.1. The van der Waals surface area contributed by atoms with Crippen molar-refractivity contribution in [3.8, 4) is 5.75 Å². The molecule has 3 rings (SSSR count). The van der Waals surface area contributed by atoms with E-state index in [0.717, 1.165) is 17.7 Å². The highest BCUT2D eigenvalue weighted by atomic mass is 32.2. The molecule has 1 amide bonds. The molecule has 0 aliphatic carbocycles. The highest BCUT2D eigenvalue weighted by molar-refractivity contribution is 7.99. The van der Waals surface area contributed by atoms with Crippen LogP contribution >= 0.6 is 11.8 Å². The number of carbonyl (C=O) groups excluding carboxylic acids is 1. The Hall–Kier alpha value is -2.08. The standard InChI is InChI=1S/C18H19FN2O2S/c19-16-6-2-1-5-15(16)17-7-9-21(10-11-24-17)18(22)13-23-14-4-3-8-20-12-14/h1-6,8,12,17H,7,9-11,13H2. The number of nitrogens with zero attached hydrogens (tertiary/aromatic N) is 2. The Morgan fingerprint density at radius 3 is 2.96 bits per heavy atom. The van der Waals surface area contributed by atoms with E-state index < -0.39 is 0 Å². The average Bonchev–Trinajstić information content (AvgIpc) is 2.87. The topological polar surface area (TPSA) is 42.4 Å². The van der Waals surface area contributed by atoms with Crippen LogP contribution in [0.2, 0.25) is 0 Å². The van der Waals surface area contributed by atoms with Gasteiger partial charge in [0, 0.05) is 35.9 Å². The van der Waals surface area contributed by atoms with Gasteiger partial charge in [0.05, 0.1) is 6.20 Å². The fourth-order valence-electron chi connectivity index (χ4n) is 2.67. The molecule has 1 fully saturated rings. The summed E-state index contributed by atoms with van der Waals surface area (Å²) in [5.41, 5.74) is 0.725. The molecule has 1 unspecified atom stereocenters. The van der Waals surface area contributed by atoms with E-state index in [9.17, 15) is 9.18 Å². The van der Waals surface area contributed by atoms with Crippen molar-refractivity contribution in [2.24, 2.45) is 0 Å². The normalized spacial score (nSPS) is 18.0. The third-order valence-electron chi connectivity index (χ3n) is 3.94. The van der Waals surface area contributed by atoms with Crippen molar-refractivity contribution >= 4 is 17.7 Å². The first-order valence-electron chi connectivity index (χ1n) is 7.90. The molecule has 2 heterocycles. The van der Waals surface area contributed by atoms with Gasteiger partial charge in [-0.1, -0.05) is 18.2 Å². The van der Waals surface area contributed by atoms with Gasteiger partial charge in [-0.05, 0) is 24.6 Å². The number of amides is 1. The van der Waals surface area contributed by atoms with Crippen LogP contribution in [0.25, 0.3) is 0 Å². The van der Waals surface area contributed by atoms with Crippen molar-refractivity contribution in [1.82, 2.24) is 9.88 Å². The number of aromatic nitrogens is 1. The Morgan fingerprint density at radius 2 is 2.17 bits per heavy atom. The zero-order chi connectivity index (χ0) is 16.8. The van der Waals surface area contributed by atoms with Crippen LogP contribution in [-0.2, 0) is 4.79 Å². The van der Waals surface area contributed by atoms with Crippen molar-refractivity contribution in [2.45, 2.75) is 11.7 Å². The minimum atomic E-state index is -0.172. The van der Waals surface area contributed by atoms with Gasteiger partial charge in [0.15, 0.2) is 6.61 Å². The van der Waals surface area contributed by atoms with Gasteiger partial charge < -0.3 is 9.64 Å². The first-order chi connectivity index (χ1) is 11.7. The molecule has 0 spiro atoms. The summed E-state index contributed by atoms with van der Waals surface area (Å²) < 4.78 is 19.4. The summed E-state index contributed by atoms with van der Waals surface area (Å²) >= 11 is 1.70. The fourth-order valence-corrected chi connectivity index (χ4v) is 3.93. The van der Waals surface area contributed by atoms with Crippen LogP contribution in [0.4, 0.5) is 4.39 Å². The first-order valence-corrected chi connectivity index (χ1v) is 8.95. The highest BCUT2D eigenvalue weighted by Gasteiger charge is 2.23. The lowest BCUT2D eigenvalue weighted by Gasteiger charge is -2.20. The molecule has 1 aliphatic heterocycles. The molecule has 2 aromatic rings. The van der Waals surface area contributed by atoms with Crippen molar-refractivity contribution in [3.05, 3.63) is 60.2 Å². The molecular formula is C18H19FN2O2S. The maximum absolute atomic E-state index is 14.0. The Morgan fingerprint density at radius 1 is 1.29 bits per heavy atom. The molecule has 24 heavy (non-hydrogen) atoms. The minimum absolute atomic E-state index is 0.000719. The number of carbonyl (C=O) groups is 1. The number of pyridine rings is 1. The molecule has 1 saturated heterocycles. The smallest absolute Gasteiger partial charge is 0.260 e. The largest absolute Gasteiger partial charge is 0.482 e. The molecule has 4 nitrogen and oxygen atoms in total. The first kappa shape index (κ1) is 16.8. The highest BCUT2D eigenvalue weighted by Crippen LogP contribution is 2.35. The summed E-state index contributed by atoms with van der Waals surface area (Å²) in [5, 5.41) is 0.0863. The maximum Gasteiger partial charge on any atom is 0.260 e. The van der Waals surface area contributed by atoms with Crippen LogP contribution in [0.15, 0.2) is 48.8 Å². The Labute approximate surface area is 145 Å². The molecule has 0 radical (unpaired) electrons. The molecule has 1 aliphatic rings. The third kappa shape index (κ3) is 4.26. The van der Waals surface area contributed by atoms with Crippen molar-refractivity contribution in [3.63, 3.8) is 0 Å². The number of hydrogen-bond acceptors (Lipinski definition) is 4. The van der Waals surface area contributed by atoms with Gasteiger partial charge in [0.1, 0.15) is 11.6 Å². The molecule has 1 aromatic carbocycles. The van der Waals surface area contributed by atoms with Gasteiger partial charge in [-0.3, -0.25) is 9.78 Å². The number of rotatable bonds is 4. The van der Waals surface area contributed by atoms with Crippen LogP contribution in [0.3, 0.4) is 0 Å². The zero-order valence-electron chi connectivity index (χ0n) is 13.2. The second kappa shape index (κ2) is 8.15. The quantitative estimate of drug-likeness (QED) is 0.852. The van der Waals surface area contributed by atoms with Crippen molar-refractivity contribution < 1.29 is 13.9 Å². The predicted octanol–water partition coefficient (Wildman–Crippen LogP) is 3.31. The molecule has 6 heteroatoms. The van der Waals surface area contributed by atoms with Gasteiger partial charge in [-0.25, -0.2) is 4.39 Å². The van der Waals surface area contributed by atoms with Gasteiger partial charge in [0.25, 0.3) is 5.91 Å². The fraction of sp³-hybridized carbons (Fsp3) is 0.333. The maximum atomic E-state index is 14.0. The molecule has 0 saturated carbocycles. The monoisotopic (exact) mass is 346 g/mol. The van der Waals surface area contributed by atoms with Gasteiger partial charge >= 0.3 is 0 Å². The average molecular weight is 346 g/mol. The SMILES string of the molecule is O=C(COc1cccnc1)N1CCSC(c2ccccc2F)CC1. The van der Waals surface area contributed by atoms with Crippen LogP contribution in [0, 0.1) is 5.82 Å². The van der Waals surface area contributed by atoms with Crippen molar-refractivity contribution in [2.75, 3.05) is 25.4 Å². The number of ether oxygens (including phenoxy) is 1. The van der Waals surface area contributed by atoms with Crippen molar-refractivity contribution in [1.29, 1.82) is 0 Å². The molecule has 0 N–H and O–H groups in total. The van der Waals surface area contributed by atoms with Gasteiger partial charge in [0.2, 0.25) is 0 Å². The summed E-state index contributed by atoms with van der Waals surface area (Å²) in [6.07, 6.45) is 3.98. The van der Waals surface area contributed by atoms with E-state index in [2.05, 4.69) is 4.98 Å². The second-order valence-electron chi connectivity index (χ2n) is 5.53. The lowest BCUT2D eigenvalue weighted by molar-refractivity contribution is -0.133. The summed E-state index contributed by atoms with van der Waals surface area (Å²) in [6.45, 7) is 1.27. The van der Waals surface area contributed by atoms with E-state index in [1.165, 1.54) is 6.07 Å². The van der Waals surface area contributed by atoms with E-state index >= 15 is 0 Å². The minimum Gasteiger partial charge on any atom is -0.482 e. The lowest BCUT2D eigenvalue weighted by Crippen LogP contribution is -2.36. The van der Waals surface area contributed by atoms with Gasteiger partial charge in [-0.2, -0.15) is 11.8 Å². The Balaban J connectivity index is 1.55. The molecular weight excluding hydrogens is 327 g/mol. The molecule has 1 atom stereocenters. The summed E-state index contributed by atoms with van der Waals surface area (Å²) in [5.74, 6) is 1.15. The molecule has 126 valence electrons. The van der Waals surface area contributed by atoms with E-state index in [-0.39, 0.29) is 23.6 Å². The van der Waals surface area contributed by atoms with Crippen LogP contribution in [-0.4, -0.2) is 41.2 Å². The number of thioether (sulfide) groups is 1. The number of hydrogen-bond donors (Lipinski definition) is 0. The lowest BCUT2D eigenvalue weighted by atomic mass is 10.1. The summed E-state index contributed by atoms with van der Waals surface area (Å²) in [7, 11) is 0. The Kier molecular flexibility index (Phi) is 5.69. The van der Waals surface area contributed by atoms with Crippen LogP contribution in [0.1, 0.15) is 17.2 Å². The third-order valence-corrected chi connectivity index (χ3v) is 5.25. The van der Waals surface area contributed by atoms with E-state index in [4.69, 9.17) is 4.74 Å². The summed E-state index contributed by atoms with van der Waals surface area (Å²) in [6, 6.07) is 10.4. The molecule has 0 bridgehead atoms. The Bertz CT molecular complexity index is 684. The van der Waals surface area contributed by atoms with Crippen LogP contribution < -0.4 is 4.74 Å². The van der Waals surface area contributed by atoms with E-state index in [0.29, 0.717) is 18.8 Å². The van der Waals surface area contributed by atoms with E-state index in [1.807, 2.05) is 12.1 Å². The van der Waals surface area contributed by atoms with Crippen LogP contribution in [0.5, 0.6) is 5.75 Å². The van der Waals surface area contributed by atoms with Gasteiger partial charge in [-0.15, -0.1) is 0 Å². The number of benzene rings is 1. The number of halogens is 1. The molecule has 1 aromatic heterocycles.